The first-order valence-corrected chi connectivity index (χ1v) is 8.88. The number of pyridine rings is 1. The molecule has 0 saturated heterocycles. The molecule has 2 aromatic heterocycles. The predicted octanol–water partition coefficient (Wildman–Crippen LogP) is 5.33. The number of para-hydroxylation sites is 1. The van der Waals surface area contributed by atoms with E-state index < -0.39 is 46.9 Å². The van der Waals surface area contributed by atoms with E-state index in [0.29, 0.717) is 17.7 Å². The monoisotopic (exact) mass is 450 g/mol. The highest BCUT2D eigenvalue weighted by atomic mass is 19.4. The summed E-state index contributed by atoms with van der Waals surface area (Å²) >= 11 is 0. The number of carbonyl (C=O) groups excluding carboxylic acids is 1. The number of nitrogens with zero attached hydrogens (tertiary/aromatic N) is 3. The number of nitrogens with one attached hydrogen (secondary N) is 1. The van der Waals surface area contributed by atoms with Crippen LogP contribution >= 0.6 is 0 Å². The van der Waals surface area contributed by atoms with E-state index in [1.54, 1.807) is 12.1 Å². The number of hydrogen-bond donors (Lipinski definition) is 1. The molecule has 4 aromatic rings. The van der Waals surface area contributed by atoms with Crippen molar-refractivity contribution >= 4 is 22.7 Å². The lowest BCUT2D eigenvalue weighted by molar-refractivity contribution is -0.159. The Morgan fingerprint density at radius 1 is 1.09 bits per heavy atom. The Kier molecular flexibility index (Phi) is 5.43. The van der Waals surface area contributed by atoms with Crippen molar-refractivity contribution in [1.29, 1.82) is 0 Å². The van der Waals surface area contributed by atoms with Crippen LogP contribution in [-0.2, 0) is 17.5 Å². The Balaban J connectivity index is 1.45. The summed E-state index contributed by atoms with van der Waals surface area (Å²) in [5.41, 5.74) is 0.0249. The van der Waals surface area contributed by atoms with Crippen molar-refractivity contribution in [2.45, 2.75) is 12.8 Å². The number of benzene rings is 2. The molecule has 164 valence electrons. The largest absolute Gasteiger partial charge is 0.471 e. The molecule has 0 aliphatic heterocycles. The summed E-state index contributed by atoms with van der Waals surface area (Å²) < 4.78 is 75.2. The van der Waals surface area contributed by atoms with Gasteiger partial charge in [0.05, 0.1) is 5.52 Å². The Morgan fingerprint density at radius 3 is 2.50 bits per heavy atom. The van der Waals surface area contributed by atoms with Gasteiger partial charge in [0.2, 0.25) is 5.82 Å². The van der Waals surface area contributed by atoms with Crippen LogP contribution in [0, 0.1) is 11.6 Å². The van der Waals surface area contributed by atoms with E-state index in [2.05, 4.69) is 19.6 Å². The van der Waals surface area contributed by atoms with Crippen molar-refractivity contribution < 1.29 is 36.0 Å². The predicted molar refractivity (Wildman–Crippen MR) is 100 cm³/mol. The Bertz CT molecular complexity index is 1280. The SMILES string of the molecule is O=C(Nc1c(F)cc(-c2noc(C(F)(F)F)n2)cc1F)OCc1cnc2ccccc2c1. The minimum atomic E-state index is -4.91. The van der Waals surface area contributed by atoms with E-state index in [9.17, 15) is 26.7 Å². The summed E-state index contributed by atoms with van der Waals surface area (Å²) in [6.45, 7) is -0.214. The van der Waals surface area contributed by atoms with E-state index >= 15 is 0 Å². The number of fused-ring (bicyclic) bond motifs is 1. The third-order valence-electron chi connectivity index (χ3n) is 4.21. The minimum Gasteiger partial charge on any atom is -0.444 e. The Labute approximate surface area is 175 Å². The highest BCUT2D eigenvalue weighted by Crippen LogP contribution is 2.31. The zero-order valence-electron chi connectivity index (χ0n) is 15.8. The Morgan fingerprint density at radius 2 is 1.81 bits per heavy atom. The summed E-state index contributed by atoms with van der Waals surface area (Å²) in [4.78, 5) is 19.2. The molecular formula is C20H11F5N4O3. The number of ether oxygens (including phenoxy) is 1. The van der Waals surface area contributed by atoms with Crippen LogP contribution in [0.1, 0.15) is 11.5 Å². The standard InChI is InChI=1S/C20H11F5N4O3/c21-13-6-12(17-28-18(32-29-17)20(23,24)25)7-14(22)16(13)27-19(30)31-9-10-5-11-3-1-2-4-15(11)26-8-10/h1-8H,9H2,(H,27,30). The van der Waals surface area contributed by atoms with Gasteiger partial charge in [0.15, 0.2) is 11.6 Å². The van der Waals surface area contributed by atoms with Crippen LogP contribution in [0.25, 0.3) is 22.3 Å². The molecule has 2 heterocycles. The van der Waals surface area contributed by atoms with Crippen LogP contribution in [0.5, 0.6) is 0 Å². The van der Waals surface area contributed by atoms with Crippen LogP contribution in [0.2, 0.25) is 0 Å². The first-order chi connectivity index (χ1) is 15.2. The van der Waals surface area contributed by atoms with Gasteiger partial charge in [-0.15, -0.1) is 0 Å². The molecule has 0 atom stereocenters. The molecule has 0 fully saturated rings. The first-order valence-electron chi connectivity index (χ1n) is 8.88. The lowest BCUT2D eigenvalue weighted by atomic mass is 10.1. The van der Waals surface area contributed by atoms with Crippen molar-refractivity contribution in [1.82, 2.24) is 15.1 Å². The molecule has 0 unspecified atom stereocenters. The zero-order valence-corrected chi connectivity index (χ0v) is 15.8. The molecule has 2 aromatic carbocycles. The average molecular weight is 450 g/mol. The van der Waals surface area contributed by atoms with Crippen LogP contribution in [0.4, 0.5) is 32.4 Å². The van der Waals surface area contributed by atoms with E-state index in [1.807, 2.05) is 23.5 Å². The molecule has 0 spiro atoms. The summed E-state index contributed by atoms with van der Waals surface area (Å²) in [7, 11) is 0. The highest BCUT2D eigenvalue weighted by Gasteiger charge is 2.38. The van der Waals surface area contributed by atoms with E-state index in [0.717, 1.165) is 10.9 Å². The third kappa shape index (κ3) is 4.48. The second-order valence-electron chi connectivity index (χ2n) is 6.47. The van der Waals surface area contributed by atoms with Gasteiger partial charge in [-0.05, 0) is 24.3 Å². The fraction of sp³-hybridized carbons (Fsp3) is 0.100. The molecule has 0 saturated carbocycles. The lowest BCUT2D eigenvalue weighted by Gasteiger charge is -2.10. The van der Waals surface area contributed by atoms with E-state index in [-0.39, 0.29) is 6.61 Å². The number of amides is 1. The molecule has 4 rings (SSSR count). The van der Waals surface area contributed by atoms with Crippen molar-refractivity contribution in [3.05, 3.63) is 71.8 Å². The van der Waals surface area contributed by atoms with Crippen LogP contribution < -0.4 is 5.32 Å². The van der Waals surface area contributed by atoms with Gasteiger partial charge in [-0.3, -0.25) is 10.3 Å². The van der Waals surface area contributed by atoms with Gasteiger partial charge in [0.25, 0.3) is 0 Å². The maximum atomic E-state index is 14.3. The fourth-order valence-corrected chi connectivity index (χ4v) is 2.76. The van der Waals surface area contributed by atoms with Gasteiger partial charge in [-0.25, -0.2) is 13.6 Å². The van der Waals surface area contributed by atoms with Gasteiger partial charge in [-0.2, -0.15) is 18.2 Å². The average Bonchev–Trinajstić information content (AvgIpc) is 3.25. The minimum absolute atomic E-state index is 0.214. The van der Waals surface area contributed by atoms with E-state index in [4.69, 9.17) is 4.74 Å². The molecule has 7 nitrogen and oxygen atoms in total. The number of hydrogen-bond acceptors (Lipinski definition) is 6. The summed E-state index contributed by atoms with van der Waals surface area (Å²) in [6, 6.07) is 10.3. The van der Waals surface area contributed by atoms with E-state index in [1.165, 1.54) is 6.20 Å². The highest BCUT2D eigenvalue weighted by molar-refractivity contribution is 5.85. The van der Waals surface area contributed by atoms with Gasteiger partial charge in [0.1, 0.15) is 12.3 Å². The fourth-order valence-electron chi connectivity index (χ4n) is 2.76. The molecule has 1 amide bonds. The molecule has 0 aliphatic rings. The zero-order chi connectivity index (χ0) is 22.9. The molecule has 1 N–H and O–H groups in total. The van der Waals surface area contributed by atoms with Crippen molar-refractivity contribution in [3.63, 3.8) is 0 Å². The van der Waals surface area contributed by atoms with Crippen molar-refractivity contribution in [2.75, 3.05) is 5.32 Å². The van der Waals surface area contributed by atoms with Crippen LogP contribution in [-0.4, -0.2) is 21.2 Å². The Hall–Kier alpha value is -4.09. The molecule has 0 radical (unpaired) electrons. The maximum absolute atomic E-state index is 14.3. The number of rotatable bonds is 4. The maximum Gasteiger partial charge on any atom is 0.471 e. The second-order valence-corrected chi connectivity index (χ2v) is 6.47. The number of anilines is 1. The molecule has 12 heteroatoms. The first kappa shape index (κ1) is 21.2. The van der Waals surface area contributed by atoms with Crippen LogP contribution in [0.15, 0.2) is 53.2 Å². The van der Waals surface area contributed by atoms with Gasteiger partial charge in [0, 0.05) is 22.7 Å². The second kappa shape index (κ2) is 8.21. The number of aromatic nitrogens is 3. The molecule has 32 heavy (non-hydrogen) atoms. The summed E-state index contributed by atoms with van der Waals surface area (Å²) in [6.07, 6.45) is -4.57. The third-order valence-corrected chi connectivity index (χ3v) is 4.21. The summed E-state index contributed by atoms with van der Waals surface area (Å²) in [5, 5.41) is 5.79. The molecule has 0 bridgehead atoms. The topological polar surface area (TPSA) is 90.1 Å². The molecular weight excluding hydrogens is 439 g/mol. The molecule has 0 aliphatic carbocycles. The lowest BCUT2D eigenvalue weighted by Crippen LogP contribution is -2.16. The normalized spacial score (nSPS) is 11.5. The number of alkyl halides is 3. The van der Waals surface area contributed by atoms with Gasteiger partial charge >= 0.3 is 18.2 Å². The smallest absolute Gasteiger partial charge is 0.444 e. The van der Waals surface area contributed by atoms with Gasteiger partial charge < -0.3 is 9.26 Å². The summed E-state index contributed by atoms with van der Waals surface area (Å²) in [5.74, 6) is -4.89. The van der Waals surface area contributed by atoms with Crippen molar-refractivity contribution in [2.24, 2.45) is 0 Å². The van der Waals surface area contributed by atoms with Gasteiger partial charge in [-0.1, -0.05) is 23.4 Å². The number of carbonyl (C=O) groups is 1. The number of halogens is 5. The van der Waals surface area contributed by atoms with Crippen molar-refractivity contribution in [3.8, 4) is 11.4 Å². The quantitative estimate of drug-likeness (QED) is 0.423. The van der Waals surface area contributed by atoms with Crippen LogP contribution in [0.3, 0.4) is 0 Å².